The van der Waals surface area contributed by atoms with Crippen LogP contribution in [-0.2, 0) is 6.42 Å². The summed E-state index contributed by atoms with van der Waals surface area (Å²) in [6.45, 7) is 11.1. The summed E-state index contributed by atoms with van der Waals surface area (Å²) in [5.74, 6) is 1.03. The van der Waals surface area contributed by atoms with Crippen LogP contribution < -0.4 is 4.74 Å². The molecule has 2 nitrogen and oxygen atoms in total. The molecule has 0 unspecified atom stereocenters. The number of nitrogens with zero attached hydrogens (tertiary/aromatic N) is 1. The second-order valence-corrected chi connectivity index (χ2v) is 7.13. The summed E-state index contributed by atoms with van der Waals surface area (Å²) in [6, 6.07) is 13.1. The van der Waals surface area contributed by atoms with Crippen LogP contribution in [0.15, 0.2) is 36.4 Å². The summed E-state index contributed by atoms with van der Waals surface area (Å²) in [4.78, 5) is 2.55. The van der Waals surface area contributed by atoms with Gasteiger partial charge in [0.25, 0.3) is 0 Å². The lowest BCUT2D eigenvalue weighted by atomic mass is 9.91. The van der Waals surface area contributed by atoms with Gasteiger partial charge in [-0.1, -0.05) is 37.3 Å². The molecule has 0 bridgehead atoms. The fourth-order valence-electron chi connectivity index (χ4n) is 3.96. The van der Waals surface area contributed by atoms with Crippen LogP contribution in [-0.4, -0.2) is 31.1 Å². The van der Waals surface area contributed by atoms with Crippen LogP contribution >= 0.6 is 0 Å². The molecule has 1 saturated heterocycles. The van der Waals surface area contributed by atoms with E-state index < -0.39 is 0 Å². The van der Waals surface area contributed by atoms with Gasteiger partial charge < -0.3 is 9.64 Å². The highest BCUT2D eigenvalue weighted by Crippen LogP contribution is 2.33. The zero-order valence-electron chi connectivity index (χ0n) is 16.0. The minimum absolute atomic E-state index is 0.801. The number of rotatable bonds is 7. The van der Waals surface area contributed by atoms with Crippen molar-refractivity contribution >= 4 is 0 Å². The lowest BCUT2D eigenvalue weighted by Gasteiger charge is -2.17. The van der Waals surface area contributed by atoms with E-state index in [2.05, 4.69) is 62.1 Å². The molecule has 2 aromatic carbocycles. The van der Waals surface area contributed by atoms with Gasteiger partial charge in [-0.05, 0) is 86.5 Å². The summed E-state index contributed by atoms with van der Waals surface area (Å²) in [5.41, 5.74) is 6.72. The van der Waals surface area contributed by atoms with E-state index in [4.69, 9.17) is 4.74 Å². The smallest absolute Gasteiger partial charge is 0.122 e. The number of aryl methyl sites for hydroxylation is 1. The van der Waals surface area contributed by atoms with Gasteiger partial charge in [0.2, 0.25) is 0 Å². The molecule has 0 spiro atoms. The molecule has 0 atom stereocenters. The first-order chi connectivity index (χ1) is 12.2. The van der Waals surface area contributed by atoms with Crippen molar-refractivity contribution in [3.8, 4) is 16.9 Å². The first-order valence-electron chi connectivity index (χ1n) is 9.74. The lowest BCUT2D eigenvalue weighted by Crippen LogP contribution is -2.22. The highest BCUT2D eigenvalue weighted by molar-refractivity contribution is 5.73. The maximum absolute atomic E-state index is 6.14. The van der Waals surface area contributed by atoms with E-state index >= 15 is 0 Å². The minimum Gasteiger partial charge on any atom is -0.493 e. The van der Waals surface area contributed by atoms with Gasteiger partial charge in [-0.2, -0.15) is 0 Å². The van der Waals surface area contributed by atoms with Crippen molar-refractivity contribution in [2.45, 2.75) is 46.5 Å². The average Bonchev–Trinajstić information content (AvgIpc) is 3.13. The molecule has 1 fully saturated rings. The van der Waals surface area contributed by atoms with E-state index in [1.807, 2.05) is 0 Å². The molecular weight excluding hydrogens is 306 g/mol. The Morgan fingerprint density at radius 3 is 2.44 bits per heavy atom. The van der Waals surface area contributed by atoms with Crippen LogP contribution in [0.2, 0.25) is 0 Å². The number of benzene rings is 2. The summed E-state index contributed by atoms with van der Waals surface area (Å²) >= 11 is 0. The molecule has 0 aromatic heterocycles. The minimum atomic E-state index is 0.801. The van der Waals surface area contributed by atoms with Crippen molar-refractivity contribution in [3.63, 3.8) is 0 Å². The van der Waals surface area contributed by atoms with Crippen LogP contribution in [0.25, 0.3) is 11.1 Å². The molecule has 1 aliphatic rings. The molecular formula is C23H31NO. The molecule has 2 heteroatoms. The van der Waals surface area contributed by atoms with Crippen molar-refractivity contribution in [1.29, 1.82) is 0 Å². The van der Waals surface area contributed by atoms with Gasteiger partial charge in [-0.3, -0.25) is 0 Å². The Balaban J connectivity index is 1.70. The van der Waals surface area contributed by atoms with Crippen molar-refractivity contribution in [2.24, 2.45) is 0 Å². The Kier molecular flexibility index (Phi) is 6.14. The molecule has 134 valence electrons. The zero-order valence-corrected chi connectivity index (χ0v) is 16.0. The van der Waals surface area contributed by atoms with Gasteiger partial charge >= 0.3 is 0 Å². The molecule has 0 aliphatic carbocycles. The monoisotopic (exact) mass is 337 g/mol. The van der Waals surface area contributed by atoms with E-state index in [1.54, 1.807) is 0 Å². The highest BCUT2D eigenvalue weighted by atomic mass is 16.5. The molecule has 1 aliphatic heterocycles. The lowest BCUT2D eigenvalue weighted by molar-refractivity contribution is 0.262. The number of hydrogen-bond donors (Lipinski definition) is 0. The standard InChI is InChI=1S/C23H31NO/c1-4-20-18(2)10-7-12-22(20)21-11-8-13-23(19(21)3)25-17-9-16-24-14-5-6-15-24/h7-8,10-13H,4-6,9,14-17H2,1-3H3. The van der Waals surface area contributed by atoms with E-state index in [0.29, 0.717) is 0 Å². The zero-order chi connectivity index (χ0) is 17.6. The second-order valence-electron chi connectivity index (χ2n) is 7.13. The number of ether oxygens (including phenoxy) is 1. The maximum Gasteiger partial charge on any atom is 0.122 e. The van der Waals surface area contributed by atoms with Gasteiger partial charge in [0.1, 0.15) is 5.75 Å². The van der Waals surface area contributed by atoms with Gasteiger partial charge in [0.05, 0.1) is 6.61 Å². The van der Waals surface area contributed by atoms with Crippen molar-refractivity contribution in [2.75, 3.05) is 26.2 Å². The van der Waals surface area contributed by atoms with E-state index in [0.717, 1.165) is 31.7 Å². The molecule has 3 rings (SSSR count). The number of likely N-dealkylation sites (tertiary alicyclic amines) is 1. The predicted octanol–water partition coefficient (Wildman–Crippen LogP) is 5.40. The Morgan fingerprint density at radius 1 is 0.960 bits per heavy atom. The first-order valence-corrected chi connectivity index (χ1v) is 9.74. The van der Waals surface area contributed by atoms with Gasteiger partial charge in [0.15, 0.2) is 0 Å². The third-order valence-electron chi connectivity index (χ3n) is 5.41. The molecule has 2 aromatic rings. The maximum atomic E-state index is 6.14. The fourth-order valence-corrected chi connectivity index (χ4v) is 3.96. The Hall–Kier alpha value is -1.80. The predicted molar refractivity (Wildman–Crippen MR) is 107 cm³/mol. The highest BCUT2D eigenvalue weighted by Gasteiger charge is 2.13. The molecule has 0 saturated carbocycles. The van der Waals surface area contributed by atoms with Gasteiger partial charge in [-0.15, -0.1) is 0 Å². The van der Waals surface area contributed by atoms with Crippen LogP contribution in [0, 0.1) is 13.8 Å². The van der Waals surface area contributed by atoms with Gasteiger partial charge in [0, 0.05) is 6.54 Å². The molecule has 25 heavy (non-hydrogen) atoms. The normalized spacial score (nSPS) is 14.8. The van der Waals surface area contributed by atoms with Crippen molar-refractivity contribution in [3.05, 3.63) is 53.1 Å². The van der Waals surface area contributed by atoms with E-state index in [-0.39, 0.29) is 0 Å². The van der Waals surface area contributed by atoms with Crippen LogP contribution in [0.3, 0.4) is 0 Å². The van der Waals surface area contributed by atoms with Crippen LogP contribution in [0.5, 0.6) is 5.75 Å². The number of hydrogen-bond acceptors (Lipinski definition) is 2. The fraction of sp³-hybridized carbons (Fsp3) is 0.478. The van der Waals surface area contributed by atoms with E-state index in [1.165, 1.54) is 53.7 Å². The largest absolute Gasteiger partial charge is 0.493 e. The second kappa shape index (κ2) is 8.53. The van der Waals surface area contributed by atoms with E-state index in [9.17, 15) is 0 Å². The summed E-state index contributed by atoms with van der Waals surface area (Å²) < 4.78 is 6.14. The molecule has 0 radical (unpaired) electrons. The average molecular weight is 338 g/mol. The summed E-state index contributed by atoms with van der Waals surface area (Å²) in [6.07, 6.45) is 4.88. The summed E-state index contributed by atoms with van der Waals surface area (Å²) in [5, 5.41) is 0. The SMILES string of the molecule is CCc1c(C)cccc1-c1cccc(OCCCN2CCCC2)c1C. The van der Waals surface area contributed by atoms with Gasteiger partial charge in [-0.25, -0.2) is 0 Å². The third kappa shape index (κ3) is 4.24. The van der Waals surface area contributed by atoms with Crippen LogP contribution in [0.1, 0.15) is 42.9 Å². The Morgan fingerprint density at radius 2 is 1.68 bits per heavy atom. The molecule has 0 N–H and O–H groups in total. The van der Waals surface area contributed by atoms with Crippen LogP contribution in [0.4, 0.5) is 0 Å². The van der Waals surface area contributed by atoms with Crippen molar-refractivity contribution < 1.29 is 4.74 Å². The Labute approximate surface area is 152 Å². The first kappa shape index (κ1) is 18.0. The molecule has 1 heterocycles. The quantitative estimate of drug-likeness (QED) is 0.627. The Bertz CT molecular complexity index is 701. The topological polar surface area (TPSA) is 12.5 Å². The molecule has 0 amide bonds. The third-order valence-corrected chi connectivity index (χ3v) is 5.41. The summed E-state index contributed by atoms with van der Waals surface area (Å²) in [7, 11) is 0. The van der Waals surface area contributed by atoms with Crippen molar-refractivity contribution in [1.82, 2.24) is 4.90 Å².